The molecule has 0 aliphatic rings. The van der Waals surface area contributed by atoms with Gasteiger partial charge < -0.3 is 4.28 Å². The third kappa shape index (κ3) is 27.9. The minimum atomic E-state index is 0. The number of unbranched alkanes of at least 4 members (excludes halogenated alkanes) is 9. The van der Waals surface area contributed by atoms with Crippen molar-refractivity contribution in [2.75, 3.05) is 0 Å². The second-order valence-electron chi connectivity index (χ2n) is 3.83. The summed E-state index contributed by atoms with van der Waals surface area (Å²) in [5.74, 6) is 0. The average molecular weight is 291 g/mol. The van der Waals surface area contributed by atoms with E-state index in [2.05, 4.69) is 13.8 Å². The summed E-state index contributed by atoms with van der Waals surface area (Å²) in [5, 5.41) is 0. The zero-order valence-electron chi connectivity index (χ0n) is 15.1. The van der Waals surface area contributed by atoms with Crippen molar-refractivity contribution in [1.82, 2.24) is 0 Å². The Bertz CT molecular complexity index is 79.0. The number of hydrogen-bond acceptors (Lipinski definition) is 0. The molecule has 80 valence electrons. The van der Waals surface area contributed by atoms with Gasteiger partial charge in [-0.25, -0.2) is 0 Å². The van der Waals surface area contributed by atoms with Crippen molar-refractivity contribution in [3.8, 4) is 0 Å². The normalized spacial score (nSPS) is 8.40. The van der Waals surface area contributed by atoms with Crippen LogP contribution in [0, 0.1) is 0 Å². The Kier molecular flexibility index (Phi) is 51.2. The summed E-state index contributed by atoms with van der Waals surface area (Å²) in [6.45, 7) is 4.56. The van der Waals surface area contributed by atoms with E-state index in [4.69, 9.17) is 0 Å². The summed E-state index contributed by atoms with van der Waals surface area (Å²) in [7, 11) is 0. The molecule has 0 saturated heterocycles. The predicted octanol–water partition coefficient (Wildman–Crippen LogP) is -3.72. The van der Waals surface area contributed by atoms with Crippen molar-refractivity contribution in [1.29, 1.82) is 0 Å². The van der Waals surface area contributed by atoms with Crippen LogP contribution in [-0.4, -0.2) is 0 Å². The Morgan fingerprint density at radius 2 is 0.667 bits per heavy atom. The van der Waals surface area contributed by atoms with Crippen LogP contribution in [-0.2, 0) is 0 Å². The molecule has 0 aliphatic carbocycles. The van der Waals surface area contributed by atoms with Crippen LogP contribution in [0.1, 0.15) is 82.3 Å². The van der Waals surface area contributed by atoms with E-state index in [1.807, 2.05) is 0 Å². The van der Waals surface area contributed by atoms with E-state index in [0.717, 1.165) is 0 Å². The minimum Gasteiger partial charge on any atom is -1.00 e. The largest absolute Gasteiger partial charge is 1.00 e. The second kappa shape index (κ2) is 27.3. The zero-order chi connectivity index (χ0) is 9.07. The fourth-order valence-corrected chi connectivity index (χ4v) is 1.56. The van der Waals surface area contributed by atoms with Gasteiger partial charge in [0, 0.05) is 0 Å². The van der Waals surface area contributed by atoms with E-state index in [1.165, 1.54) is 64.2 Å². The van der Waals surface area contributed by atoms with Crippen LogP contribution in [0.2, 0.25) is 0 Å². The van der Waals surface area contributed by atoms with Gasteiger partial charge in [0.1, 0.15) is 0 Å². The van der Waals surface area contributed by atoms with Crippen molar-refractivity contribution in [2.45, 2.75) is 78.1 Å². The molecule has 0 rings (SSSR count). The standard InChI is InChI=1S/C12H26.3K.3H/c1-3-5-7-9-11-12-10-8-6-4-2;;;;;;/h3-12H2,1-2H3;;;;;;/q;3*+1;3*-1. The molecule has 0 aromatic carbocycles. The van der Waals surface area contributed by atoms with E-state index in [0.29, 0.717) is 0 Å². The maximum absolute atomic E-state index is 2.28. The Balaban J connectivity index is -0.0000000403. The van der Waals surface area contributed by atoms with Crippen LogP contribution in [0.15, 0.2) is 0 Å². The Hall–Kier alpha value is 4.91. The molecule has 15 heavy (non-hydrogen) atoms. The fourth-order valence-electron chi connectivity index (χ4n) is 1.56. The van der Waals surface area contributed by atoms with E-state index in [9.17, 15) is 0 Å². The van der Waals surface area contributed by atoms with Crippen molar-refractivity contribution in [2.24, 2.45) is 0 Å². The first-order valence-corrected chi connectivity index (χ1v) is 5.91. The third-order valence-electron chi connectivity index (χ3n) is 2.46. The van der Waals surface area contributed by atoms with Crippen LogP contribution >= 0.6 is 0 Å². The predicted molar refractivity (Wildman–Crippen MR) is 60.9 cm³/mol. The number of rotatable bonds is 9. The molecule has 0 radical (unpaired) electrons. The first kappa shape index (κ1) is 28.1. The smallest absolute Gasteiger partial charge is 1.00 e. The van der Waals surface area contributed by atoms with Gasteiger partial charge in [0.15, 0.2) is 0 Å². The maximum atomic E-state index is 2.28. The average Bonchev–Trinajstić information content (AvgIpc) is 2.10. The molecule has 0 atom stereocenters. The molecule has 0 N–H and O–H groups in total. The van der Waals surface area contributed by atoms with Gasteiger partial charge in [0.25, 0.3) is 0 Å². The van der Waals surface area contributed by atoms with Gasteiger partial charge in [-0.1, -0.05) is 78.1 Å². The summed E-state index contributed by atoms with van der Waals surface area (Å²) in [6.07, 6.45) is 14.4. The monoisotopic (exact) mass is 290 g/mol. The van der Waals surface area contributed by atoms with Crippen molar-refractivity contribution in [3.63, 3.8) is 0 Å². The van der Waals surface area contributed by atoms with Crippen LogP contribution in [0.25, 0.3) is 0 Å². The van der Waals surface area contributed by atoms with Crippen molar-refractivity contribution < 1.29 is 158 Å². The molecular weight excluding hydrogens is 261 g/mol. The van der Waals surface area contributed by atoms with Gasteiger partial charge in [-0.15, -0.1) is 0 Å². The molecule has 0 aromatic rings. The molecule has 0 amide bonds. The summed E-state index contributed by atoms with van der Waals surface area (Å²) in [4.78, 5) is 0. The summed E-state index contributed by atoms with van der Waals surface area (Å²) >= 11 is 0. The molecule has 0 spiro atoms. The SMILES string of the molecule is CCCCCCCCCCCC.[H-].[H-].[H-].[K+].[K+].[K+]. The maximum Gasteiger partial charge on any atom is 1.00 e. The molecule has 3 heteroatoms. The summed E-state index contributed by atoms with van der Waals surface area (Å²) < 4.78 is 0. The van der Waals surface area contributed by atoms with E-state index < -0.39 is 0 Å². The van der Waals surface area contributed by atoms with Gasteiger partial charge in [-0.05, 0) is 0 Å². The van der Waals surface area contributed by atoms with E-state index in [1.54, 1.807) is 0 Å². The molecule has 0 saturated carbocycles. The molecule has 0 heterocycles. The van der Waals surface area contributed by atoms with E-state index in [-0.39, 0.29) is 158 Å². The minimum absolute atomic E-state index is 0. The molecule has 0 unspecified atom stereocenters. The van der Waals surface area contributed by atoms with Gasteiger partial charge in [-0.3, -0.25) is 0 Å². The first-order valence-electron chi connectivity index (χ1n) is 5.91. The Morgan fingerprint density at radius 3 is 0.867 bits per heavy atom. The summed E-state index contributed by atoms with van der Waals surface area (Å²) in [5.41, 5.74) is 0. The third-order valence-corrected chi connectivity index (χ3v) is 2.46. The molecule has 0 nitrogen and oxygen atoms in total. The van der Waals surface area contributed by atoms with Gasteiger partial charge in [0.2, 0.25) is 0 Å². The van der Waals surface area contributed by atoms with Crippen molar-refractivity contribution in [3.05, 3.63) is 0 Å². The van der Waals surface area contributed by atoms with E-state index >= 15 is 0 Å². The Morgan fingerprint density at radius 1 is 0.467 bits per heavy atom. The molecule has 0 fully saturated rings. The molecule has 0 aliphatic heterocycles. The number of hydrogen-bond donors (Lipinski definition) is 0. The second-order valence-corrected chi connectivity index (χ2v) is 3.83. The molecule has 0 bridgehead atoms. The van der Waals surface area contributed by atoms with Gasteiger partial charge >= 0.3 is 154 Å². The van der Waals surface area contributed by atoms with Crippen molar-refractivity contribution >= 4 is 0 Å². The fraction of sp³-hybridized carbons (Fsp3) is 1.00. The van der Waals surface area contributed by atoms with Crippen LogP contribution < -0.4 is 154 Å². The molecule has 0 aromatic heterocycles. The summed E-state index contributed by atoms with van der Waals surface area (Å²) in [6, 6.07) is 0. The van der Waals surface area contributed by atoms with Gasteiger partial charge in [-0.2, -0.15) is 0 Å². The first-order chi connectivity index (χ1) is 5.91. The molecular formula is C12H29K3. The van der Waals surface area contributed by atoms with Crippen LogP contribution in [0.3, 0.4) is 0 Å². The zero-order valence-corrected chi connectivity index (χ0v) is 21.4. The van der Waals surface area contributed by atoms with Gasteiger partial charge in [0.05, 0.1) is 0 Å². The van der Waals surface area contributed by atoms with Crippen LogP contribution in [0.4, 0.5) is 0 Å². The quantitative estimate of drug-likeness (QED) is 0.303. The Labute approximate surface area is 230 Å². The van der Waals surface area contributed by atoms with Crippen LogP contribution in [0.5, 0.6) is 0 Å². The topological polar surface area (TPSA) is 0 Å².